The van der Waals surface area contributed by atoms with Gasteiger partial charge in [0.05, 0.1) is 5.52 Å². The van der Waals surface area contributed by atoms with Crippen molar-refractivity contribution in [1.82, 2.24) is 15.0 Å². The number of rotatable bonds is 1. The molecule has 0 aliphatic rings. The van der Waals surface area contributed by atoms with E-state index >= 15 is 0 Å². The van der Waals surface area contributed by atoms with Gasteiger partial charge in [0.1, 0.15) is 5.82 Å². The van der Waals surface area contributed by atoms with E-state index in [-0.39, 0.29) is 0 Å². The van der Waals surface area contributed by atoms with Crippen LogP contribution >= 0.6 is 11.6 Å². The highest BCUT2D eigenvalue weighted by atomic mass is 35.5. The zero-order valence-corrected chi connectivity index (χ0v) is 9.57. The number of nitrogens with zero attached hydrogens (tertiary/aromatic N) is 2. The molecular weight excluding hydrogens is 236 g/mol. The van der Waals surface area contributed by atoms with Crippen molar-refractivity contribution in [1.29, 1.82) is 0 Å². The molecule has 3 rings (SSSR count). The number of benzene rings is 1. The minimum Gasteiger partial charge on any atom is -0.399 e. The largest absolute Gasteiger partial charge is 0.399 e. The number of pyridine rings is 1. The van der Waals surface area contributed by atoms with Crippen LogP contribution < -0.4 is 5.73 Å². The van der Waals surface area contributed by atoms with Gasteiger partial charge in [-0.2, -0.15) is 0 Å². The fourth-order valence-electron chi connectivity index (χ4n) is 1.73. The molecule has 0 radical (unpaired) electrons. The molecule has 2 aromatic heterocycles. The molecule has 0 saturated heterocycles. The number of nitrogens with two attached hydrogens (primary N) is 1. The Kier molecular flexibility index (Phi) is 2.23. The summed E-state index contributed by atoms with van der Waals surface area (Å²) in [6.07, 6.45) is 1.71. The maximum absolute atomic E-state index is 5.96. The van der Waals surface area contributed by atoms with Crippen LogP contribution in [-0.2, 0) is 0 Å². The SMILES string of the molecule is Nc1cc(Cl)cc(-c2nc3ncccc3[nH]2)c1. The maximum Gasteiger partial charge on any atom is 0.178 e. The van der Waals surface area contributed by atoms with Crippen LogP contribution in [0.5, 0.6) is 0 Å². The third-order valence-corrected chi connectivity index (χ3v) is 2.67. The van der Waals surface area contributed by atoms with Gasteiger partial charge in [0.15, 0.2) is 5.65 Å². The number of aromatic nitrogens is 3. The topological polar surface area (TPSA) is 67.6 Å². The summed E-state index contributed by atoms with van der Waals surface area (Å²) in [5, 5.41) is 0.591. The van der Waals surface area contributed by atoms with Gasteiger partial charge in [0, 0.05) is 22.5 Å². The fourth-order valence-corrected chi connectivity index (χ4v) is 1.97. The Morgan fingerprint density at radius 3 is 2.88 bits per heavy atom. The van der Waals surface area contributed by atoms with E-state index in [1.165, 1.54) is 0 Å². The molecular formula is C12H9ClN4. The summed E-state index contributed by atoms with van der Waals surface area (Å²) in [5.74, 6) is 0.716. The van der Waals surface area contributed by atoms with Crippen LogP contribution in [0.3, 0.4) is 0 Å². The molecule has 0 bridgehead atoms. The number of aromatic amines is 1. The van der Waals surface area contributed by atoms with Gasteiger partial charge < -0.3 is 10.7 Å². The van der Waals surface area contributed by atoms with E-state index in [4.69, 9.17) is 17.3 Å². The molecule has 2 heterocycles. The normalized spacial score (nSPS) is 10.9. The van der Waals surface area contributed by atoms with Gasteiger partial charge in [-0.3, -0.25) is 0 Å². The number of halogens is 1. The molecule has 0 atom stereocenters. The summed E-state index contributed by atoms with van der Waals surface area (Å²) in [6.45, 7) is 0. The van der Waals surface area contributed by atoms with E-state index in [9.17, 15) is 0 Å². The van der Waals surface area contributed by atoms with Crippen LogP contribution in [0, 0.1) is 0 Å². The van der Waals surface area contributed by atoms with Gasteiger partial charge >= 0.3 is 0 Å². The second-order valence-corrected chi connectivity index (χ2v) is 4.17. The number of hydrogen-bond donors (Lipinski definition) is 2. The zero-order chi connectivity index (χ0) is 11.8. The molecule has 0 unspecified atom stereocenters. The van der Waals surface area contributed by atoms with Gasteiger partial charge in [0.2, 0.25) is 0 Å². The first-order chi connectivity index (χ1) is 8.22. The molecule has 0 aliphatic heterocycles. The van der Waals surface area contributed by atoms with Crippen molar-refractivity contribution in [3.8, 4) is 11.4 Å². The summed E-state index contributed by atoms with van der Waals surface area (Å²) in [5.41, 5.74) is 8.79. The van der Waals surface area contributed by atoms with E-state index in [1.54, 1.807) is 12.3 Å². The molecule has 0 fully saturated rings. The van der Waals surface area contributed by atoms with Crippen molar-refractivity contribution in [3.05, 3.63) is 41.6 Å². The van der Waals surface area contributed by atoms with E-state index in [1.807, 2.05) is 24.3 Å². The highest BCUT2D eigenvalue weighted by molar-refractivity contribution is 6.31. The van der Waals surface area contributed by atoms with Gasteiger partial charge in [-0.25, -0.2) is 9.97 Å². The lowest BCUT2D eigenvalue weighted by atomic mass is 10.2. The molecule has 4 nitrogen and oxygen atoms in total. The molecule has 0 spiro atoms. The highest BCUT2D eigenvalue weighted by Crippen LogP contribution is 2.25. The van der Waals surface area contributed by atoms with Crippen molar-refractivity contribution in [2.75, 3.05) is 5.73 Å². The molecule has 5 heteroatoms. The van der Waals surface area contributed by atoms with Crippen LogP contribution in [0.25, 0.3) is 22.6 Å². The monoisotopic (exact) mass is 244 g/mol. The number of anilines is 1. The highest BCUT2D eigenvalue weighted by Gasteiger charge is 2.06. The molecule has 84 valence electrons. The van der Waals surface area contributed by atoms with E-state index in [2.05, 4.69) is 15.0 Å². The van der Waals surface area contributed by atoms with Gasteiger partial charge in [-0.15, -0.1) is 0 Å². The number of nitrogens with one attached hydrogen (secondary N) is 1. The van der Waals surface area contributed by atoms with Crippen LogP contribution in [-0.4, -0.2) is 15.0 Å². The van der Waals surface area contributed by atoms with Crippen LogP contribution in [0.15, 0.2) is 36.5 Å². The second kappa shape index (κ2) is 3.75. The van der Waals surface area contributed by atoms with Crippen LogP contribution in [0.2, 0.25) is 5.02 Å². The summed E-state index contributed by atoms with van der Waals surface area (Å²) in [6, 6.07) is 9.12. The smallest absolute Gasteiger partial charge is 0.178 e. The van der Waals surface area contributed by atoms with Crippen LogP contribution in [0.1, 0.15) is 0 Å². The fraction of sp³-hybridized carbons (Fsp3) is 0. The maximum atomic E-state index is 5.96. The van der Waals surface area contributed by atoms with E-state index in [0.29, 0.717) is 22.2 Å². The van der Waals surface area contributed by atoms with Crippen molar-refractivity contribution in [3.63, 3.8) is 0 Å². The molecule has 1 aromatic carbocycles. The standard InChI is InChI=1S/C12H9ClN4/c13-8-4-7(5-9(14)6-8)11-16-10-2-1-3-15-12(10)17-11/h1-6H,14H2,(H,15,16,17). The molecule has 17 heavy (non-hydrogen) atoms. The van der Waals surface area contributed by atoms with Gasteiger partial charge in [-0.1, -0.05) is 11.6 Å². The minimum absolute atomic E-state index is 0.591. The number of hydrogen-bond acceptors (Lipinski definition) is 3. The van der Waals surface area contributed by atoms with Crippen LogP contribution in [0.4, 0.5) is 5.69 Å². The van der Waals surface area contributed by atoms with Crippen molar-refractivity contribution >= 4 is 28.5 Å². The minimum atomic E-state index is 0.591. The van der Waals surface area contributed by atoms with Gasteiger partial charge in [-0.05, 0) is 30.3 Å². The van der Waals surface area contributed by atoms with Crippen molar-refractivity contribution in [2.45, 2.75) is 0 Å². The number of fused-ring (bicyclic) bond motifs is 1. The summed E-state index contributed by atoms with van der Waals surface area (Å²) in [7, 11) is 0. The Balaban J connectivity index is 2.20. The lowest BCUT2D eigenvalue weighted by Crippen LogP contribution is -1.87. The summed E-state index contributed by atoms with van der Waals surface area (Å²) >= 11 is 5.96. The number of H-pyrrole nitrogens is 1. The molecule has 3 N–H and O–H groups in total. The number of imidazole rings is 1. The van der Waals surface area contributed by atoms with E-state index in [0.717, 1.165) is 11.1 Å². The quantitative estimate of drug-likeness (QED) is 0.647. The first-order valence-electron chi connectivity index (χ1n) is 5.09. The molecule has 3 aromatic rings. The van der Waals surface area contributed by atoms with Crippen molar-refractivity contribution in [2.24, 2.45) is 0 Å². The third-order valence-electron chi connectivity index (χ3n) is 2.45. The first kappa shape index (κ1) is 10.1. The Labute approximate surface area is 102 Å². The lowest BCUT2D eigenvalue weighted by molar-refractivity contribution is 1.30. The second-order valence-electron chi connectivity index (χ2n) is 3.73. The lowest BCUT2D eigenvalue weighted by Gasteiger charge is -1.99. The summed E-state index contributed by atoms with van der Waals surface area (Å²) in [4.78, 5) is 11.7. The molecule has 0 amide bonds. The predicted molar refractivity (Wildman–Crippen MR) is 68.7 cm³/mol. The third kappa shape index (κ3) is 1.83. The average molecular weight is 245 g/mol. The number of nitrogen functional groups attached to an aromatic ring is 1. The van der Waals surface area contributed by atoms with Gasteiger partial charge in [0.25, 0.3) is 0 Å². The zero-order valence-electron chi connectivity index (χ0n) is 8.81. The molecule has 0 saturated carbocycles. The Morgan fingerprint density at radius 1 is 1.24 bits per heavy atom. The predicted octanol–water partition coefficient (Wildman–Crippen LogP) is 2.86. The van der Waals surface area contributed by atoms with E-state index < -0.39 is 0 Å². The molecule has 0 aliphatic carbocycles. The summed E-state index contributed by atoms with van der Waals surface area (Å²) < 4.78 is 0. The Morgan fingerprint density at radius 2 is 2.12 bits per heavy atom. The first-order valence-corrected chi connectivity index (χ1v) is 5.47. The average Bonchev–Trinajstić information content (AvgIpc) is 2.71. The Bertz CT molecular complexity index is 637. The van der Waals surface area contributed by atoms with Crippen molar-refractivity contribution < 1.29 is 0 Å². The Hall–Kier alpha value is -2.07.